The number of imide groups is 2. The Morgan fingerprint density at radius 2 is 1.58 bits per heavy atom. The number of barbiturate groups is 1. The van der Waals surface area contributed by atoms with Crippen molar-refractivity contribution in [3.63, 3.8) is 0 Å². The van der Waals surface area contributed by atoms with Crippen LogP contribution in [0.1, 0.15) is 11.1 Å². The van der Waals surface area contributed by atoms with E-state index in [4.69, 9.17) is 0 Å². The largest absolute Gasteiger partial charge is 0.335 e. The fraction of sp³-hybridized carbons (Fsp3) is 0.0556. The number of carbonyl (C=O) groups is 3. The molecular formula is C18H13BrN2O3. The molecule has 0 aromatic heterocycles. The van der Waals surface area contributed by atoms with Gasteiger partial charge < -0.3 is 0 Å². The lowest BCUT2D eigenvalue weighted by molar-refractivity contribution is -0.122. The highest BCUT2D eigenvalue weighted by Gasteiger charge is 2.36. The van der Waals surface area contributed by atoms with Crippen LogP contribution in [-0.4, -0.2) is 17.8 Å². The van der Waals surface area contributed by atoms with Crippen molar-refractivity contribution in [2.75, 3.05) is 4.90 Å². The van der Waals surface area contributed by atoms with Crippen molar-refractivity contribution in [1.82, 2.24) is 5.32 Å². The second kappa shape index (κ2) is 6.41. The summed E-state index contributed by atoms with van der Waals surface area (Å²) in [5, 5.41) is 2.20. The van der Waals surface area contributed by atoms with Gasteiger partial charge in [-0.05, 0) is 42.8 Å². The number of anilines is 1. The number of hydrogen-bond donors (Lipinski definition) is 1. The van der Waals surface area contributed by atoms with E-state index in [1.165, 1.54) is 6.08 Å². The van der Waals surface area contributed by atoms with Gasteiger partial charge >= 0.3 is 6.03 Å². The molecule has 6 heteroatoms. The Morgan fingerprint density at radius 3 is 2.21 bits per heavy atom. The van der Waals surface area contributed by atoms with Crippen molar-refractivity contribution in [3.05, 3.63) is 69.7 Å². The lowest BCUT2D eigenvalue weighted by Gasteiger charge is -2.26. The molecule has 3 rings (SSSR count). The van der Waals surface area contributed by atoms with Gasteiger partial charge in [0.15, 0.2) is 0 Å². The van der Waals surface area contributed by atoms with E-state index in [0.29, 0.717) is 11.3 Å². The smallest absolute Gasteiger partial charge is 0.273 e. The monoisotopic (exact) mass is 384 g/mol. The second-order valence-corrected chi connectivity index (χ2v) is 6.26. The van der Waals surface area contributed by atoms with Crippen LogP contribution < -0.4 is 10.2 Å². The molecule has 1 heterocycles. The maximum Gasteiger partial charge on any atom is 0.335 e. The molecule has 0 bridgehead atoms. The van der Waals surface area contributed by atoms with Crippen molar-refractivity contribution >= 4 is 45.5 Å². The van der Waals surface area contributed by atoms with Crippen molar-refractivity contribution in [3.8, 4) is 0 Å². The lowest BCUT2D eigenvalue weighted by atomic mass is 10.1. The zero-order valence-corrected chi connectivity index (χ0v) is 14.3. The van der Waals surface area contributed by atoms with Gasteiger partial charge in [-0.2, -0.15) is 0 Å². The molecular weight excluding hydrogens is 372 g/mol. The highest BCUT2D eigenvalue weighted by molar-refractivity contribution is 9.10. The molecule has 0 spiro atoms. The van der Waals surface area contributed by atoms with Gasteiger partial charge in [0, 0.05) is 4.47 Å². The molecule has 0 radical (unpaired) electrons. The second-order valence-electron chi connectivity index (χ2n) is 5.34. The quantitative estimate of drug-likeness (QED) is 0.637. The molecule has 4 amide bonds. The number of benzene rings is 2. The number of nitrogens with zero attached hydrogens (tertiary/aromatic N) is 1. The summed E-state index contributed by atoms with van der Waals surface area (Å²) in [5.74, 6) is -1.34. The van der Waals surface area contributed by atoms with Crippen LogP contribution in [-0.2, 0) is 9.59 Å². The van der Waals surface area contributed by atoms with E-state index < -0.39 is 17.8 Å². The number of carbonyl (C=O) groups excluding carboxylic acids is 3. The Hall–Kier alpha value is -2.73. The summed E-state index contributed by atoms with van der Waals surface area (Å²) in [5.41, 5.74) is 2.02. The SMILES string of the molecule is Cc1ccc(N2C(=O)NC(=O)C(=Cc3ccc(Br)cc3)C2=O)cc1. The number of aryl methyl sites for hydroxylation is 1. The molecule has 1 fully saturated rings. The Balaban J connectivity index is 1.99. The van der Waals surface area contributed by atoms with Crippen LogP contribution in [0, 0.1) is 6.92 Å². The van der Waals surface area contributed by atoms with Crippen LogP contribution in [0.5, 0.6) is 0 Å². The fourth-order valence-electron chi connectivity index (χ4n) is 2.31. The molecule has 5 nitrogen and oxygen atoms in total. The number of amides is 4. The minimum atomic E-state index is -0.748. The topological polar surface area (TPSA) is 66.5 Å². The number of nitrogens with one attached hydrogen (secondary N) is 1. The third-order valence-corrected chi connectivity index (χ3v) is 4.10. The number of rotatable bonds is 2. The van der Waals surface area contributed by atoms with Crippen molar-refractivity contribution in [2.45, 2.75) is 6.92 Å². The Morgan fingerprint density at radius 1 is 0.958 bits per heavy atom. The summed E-state index contributed by atoms with van der Waals surface area (Å²) in [7, 11) is 0. The Bertz CT molecular complexity index is 855. The molecule has 1 aliphatic rings. The average molecular weight is 385 g/mol. The van der Waals surface area contributed by atoms with Crippen LogP contribution in [0.2, 0.25) is 0 Å². The van der Waals surface area contributed by atoms with Gasteiger partial charge in [-0.1, -0.05) is 45.8 Å². The summed E-state index contributed by atoms with van der Waals surface area (Å²) in [6, 6.07) is 13.3. The molecule has 0 unspecified atom stereocenters. The van der Waals surface area contributed by atoms with Crippen molar-refractivity contribution in [2.24, 2.45) is 0 Å². The normalized spacial score (nSPS) is 16.5. The first-order chi connectivity index (χ1) is 11.5. The van der Waals surface area contributed by atoms with Crippen LogP contribution in [0.3, 0.4) is 0 Å². The van der Waals surface area contributed by atoms with E-state index in [0.717, 1.165) is 14.9 Å². The van der Waals surface area contributed by atoms with Crippen LogP contribution in [0.25, 0.3) is 6.08 Å². The summed E-state index contributed by atoms with van der Waals surface area (Å²) in [6.45, 7) is 1.91. The third-order valence-electron chi connectivity index (χ3n) is 3.57. The molecule has 1 N–H and O–H groups in total. The van der Waals surface area contributed by atoms with Gasteiger partial charge in [-0.15, -0.1) is 0 Å². The number of hydrogen-bond acceptors (Lipinski definition) is 3. The number of halogens is 1. The van der Waals surface area contributed by atoms with Gasteiger partial charge in [-0.3, -0.25) is 14.9 Å². The standard InChI is InChI=1S/C18H13BrN2O3/c1-11-2-8-14(9-3-11)21-17(23)15(16(22)20-18(21)24)10-12-4-6-13(19)7-5-12/h2-10H,1H3,(H,20,22,24). The van der Waals surface area contributed by atoms with Gasteiger partial charge in [0.2, 0.25) is 0 Å². The minimum Gasteiger partial charge on any atom is -0.273 e. The van der Waals surface area contributed by atoms with E-state index in [1.807, 2.05) is 6.92 Å². The van der Waals surface area contributed by atoms with Gasteiger partial charge in [-0.25, -0.2) is 9.69 Å². The Kier molecular flexibility index (Phi) is 4.31. The van der Waals surface area contributed by atoms with E-state index in [1.54, 1.807) is 48.5 Å². The maximum absolute atomic E-state index is 12.7. The average Bonchev–Trinajstić information content (AvgIpc) is 2.55. The fourth-order valence-corrected chi connectivity index (χ4v) is 2.58. The maximum atomic E-state index is 12.7. The predicted octanol–water partition coefficient (Wildman–Crippen LogP) is 3.42. The summed E-state index contributed by atoms with van der Waals surface area (Å²) in [6.07, 6.45) is 1.47. The molecule has 0 aliphatic carbocycles. The first-order valence-corrected chi connectivity index (χ1v) is 7.99. The molecule has 1 saturated heterocycles. The van der Waals surface area contributed by atoms with E-state index in [2.05, 4.69) is 21.2 Å². The predicted molar refractivity (Wildman–Crippen MR) is 94.3 cm³/mol. The molecule has 120 valence electrons. The zero-order chi connectivity index (χ0) is 17.3. The molecule has 1 aliphatic heterocycles. The van der Waals surface area contributed by atoms with Crippen LogP contribution >= 0.6 is 15.9 Å². The highest BCUT2D eigenvalue weighted by atomic mass is 79.9. The molecule has 2 aromatic carbocycles. The zero-order valence-electron chi connectivity index (χ0n) is 12.7. The Labute approximate surface area is 147 Å². The van der Waals surface area contributed by atoms with E-state index >= 15 is 0 Å². The van der Waals surface area contributed by atoms with Crippen LogP contribution in [0.15, 0.2) is 58.6 Å². The van der Waals surface area contributed by atoms with Crippen molar-refractivity contribution < 1.29 is 14.4 Å². The summed E-state index contributed by atoms with van der Waals surface area (Å²) in [4.78, 5) is 37.8. The van der Waals surface area contributed by atoms with E-state index in [9.17, 15) is 14.4 Å². The van der Waals surface area contributed by atoms with E-state index in [-0.39, 0.29) is 5.57 Å². The first kappa shape index (κ1) is 16.1. The van der Waals surface area contributed by atoms with Gasteiger partial charge in [0.25, 0.3) is 11.8 Å². The molecule has 0 atom stereocenters. The first-order valence-electron chi connectivity index (χ1n) is 7.19. The van der Waals surface area contributed by atoms with Crippen molar-refractivity contribution in [1.29, 1.82) is 0 Å². The summed E-state index contributed by atoms with van der Waals surface area (Å²) < 4.78 is 0.889. The molecule has 24 heavy (non-hydrogen) atoms. The highest BCUT2D eigenvalue weighted by Crippen LogP contribution is 2.22. The summed E-state index contributed by atoms with van der Waals surface area (Å²) >= 11 is 3.33. The lowest BCUT2D eigenvalue weighted by Crippen LogP contribution is -2.54. The molecule has 0 saturated carbocycles. The minimum absolute atomic E-state index is 0.0857. The van der Waals surface area contributed by atoms with Gasteiger partial charge in [0.1, 0.15) is 5.57 Å². The molecule has 2 aromatic rings. The third kappa shape index (κ3) is 3.14. The van der Waals surface area contributed by atoms with Crippen LogP contribution in [0.4, 0.5) is 10.5 Å². The number of urea groups is 1. The van der Waals surface area contributed by atoms with Gasteiger partial charge in [0.05, 0.1) is 5.69 Å².